The first kappa shape index (κ1) is 17.4. The number of hydrogen-bond donors (Lipinski definition) is 2. The van der Waals surface area contributed by atoms with Gasteiger partial charge in [0.1, 0.15) is 12.7 Å². The van der Waals surface area contributed by atoms with Gasteiger partial charge in [-0.2, -0.15) is 5.10 Å². The maximum atomic E-state index is 12.6. The van der Waals surface area contributed by atoms with Crippen LogP contribution in [0.15, 0.2) is 66.0 Å². The third-order valence-corrected chi connectivity index (χ3v) is 4.28. The van der Waals surface area contributed by atoms with Gasteiger partial charge in [0.15, 0.2) is 0 Å². The van der Waals surface area contributed by atoms with E-state index in [1.165, 1.54) is 10.9 Å². The minimum atomic E-state index is -0.352. The number of fused-ring (bicyclic) bond motifs is 1. The molecule has 28 heavy (non-hydrogen) atoms. The summed E-state index contributed by atoms with van der Waals surface area (Å²) in [4.78, 5) is 33.4. The van der Waals surface area contributed by atoms with Crippen LogP contribution in [0.2, 0.25) is 0 Å². The zero-order valence-corrected chi connectivity index (χ0v) is 15.0. The second-order valence-electron chi connectivity index (χ2n) is 5.97. The van der Waals surface area contributed by atoms with Crippen molar-refractivity contribution in [3.63, 3.8) is 0 Å². The topological polar surface area (TPSA) is 107 Å². The summed E-state index contributed by atoms with van der Waals surface area (Å²) in [5, 5.41) is 4.57. The fourth-order valence-electron chi connectivity index (χ4n) is 2.85. The molecule has 2 N–H and O–H groups in total. The van der Waals surface area contributed by atoms with E-state index in [1.807, 2.05) is 13.0 Å². The van der Waals surface area contributed by atoms with Crippen molar-refractivity contribution in [1.29, 1.82) is 0 Å². The van der Waals surface area contributed by atoms with Crippen LogP contribution in [0.1, 0.15) is 17.3 Å². The van der Waals surface area contributed by atoms with Crippen LogP contribution >= 0.6 is 0 Å². The Morgan fingerprint density at radius 1 is 1.11 bits per heavy atom. The molecule has 0 fully saturated rings. The lowest BCUT2D eigenvalue weighted by Gasteiger charge is -2.14. The first-order valence-corrected chi connectivity index (χ1v) is 8.68. The lowest BCUT2D eigenvalue weighted by molar-refractivity contribution is 0.0962. The van der Waals surface area contributed by atoms with Crippen LogP contribution in [-0.4, -0.2) is 30.2 Å². The Balaban J connectivity index is 1.54. The quantitative estimate of drug-likeness (QED) is 0.515. The molecule has 0 spiro atoms. The van der Waals surface area contributed by atoms with Crippen molar-refractivity contribution in [2.45, 2.75) is 13.5 Å². The maximum Gasteiger partial charge on any atom is 0.269 e. The molecule has 4 rings (SSSR count). The van der Waals surface area contributed by atoms with E-state index in [0.717, 1.165) is 5.69 Å². The van der Waals surface area contributed by atoms with Crippen LogP contribution in [0.4, 0.5) is 5.95 Å². The van der Waals surface area contributed by atoms with Crippen LogP contribution in [0, 0.1) is 0 Å². The number of aromatic nitrogens is 5. The predicted molar refractivity (Wildman–Crippen MR) is 104 cm³/mol. The van der Waals surface area contributed by atoms with Crippen LogP contribution in [0.5, 0.6) is 0 Å². The second-order valence-corrected chi connectivity index (χ2v) is 5.97. The van der Waals surface area contributed by atoms with E-state index in [-0.39, 0.29) is 17.4 Å². The zero-order valence-electron chi connectivity index (χ0n) is 15.0. The molecule has 0 aliphatic heterocycles. The summed E-state index contributed by atoms with van der Waals surface area (Å²) in [6.07, 6.45) is 3.01. The predicted octanol–water partition coefficient (Wildman–Crippen LogP) is 1.75. The Morgan fingerprint density at radius 3 is 2.61 bits per heavy atom. The number of nitrogens with one attached hydrogen (secondary N) is 2. The van der Waals surface area contributed by atoms with Gasteiger partial charge in [0, 0.05) is 12.1 Å². The molecule has 0 atom stereocenters. The van der Waals surface area contributed by atoms with Gasteiger partial charge in [-0.3, -0.25) is 25.0 Å². The van der Waals surface area contributed by atoms with E-state index in [1.54, 1.807) is 53.5 Å². The smallest absolute Gasteiger partial charge is 0.269 e. The number of carbonyl (C=O) groups is 1. The molecule has 0 saturated heterocycles. The summed E-state index contributed by atoms with van der Waals surface area (Å²) >= 11 is 0. The van der Waals surface area contributed by atoms with Gasteiger partial charge in [0.2, 0.25) is 5.95 Å². The number of rotatable bonds is 5. The standard InChI is InChI=1S/C19H17N7O2/c1-2-25-18(28)15-5-3-4-6-16(15)22-19(25)24-23-17(27)13-7-9-14(10-8-13)26-12-20-11-21-26/h3-12H,2H2,1H3,(H,22,24)(H,23,27). The van der Waals surface area contributed by atoms with Crippen LogP contribution < -0.4 is 16.4 Å². The molecular weight excluding hydrogens is 358 g/mol. The third-order valence-electron chi connectivity index (χ3n) is 4.28. The molecule has 140 valence electrons. The Morgan fingerprint density at radius 2 is 1.89 bits per heavy atom. The van der Waals surface area contributed by atoms with E-state index in [0.29, 0.717) is 23.0 Å². The second kappa shape index (κ2) is 7.31. The molecule has 0 aliphatic carbocycles. The third kappa shape index (κ3) is 3.20. The fourth-order valence-corrected chi connectivity index (χ4v) is 2.85. The van der Waals surface area contributed by atoms with Gasteiger partial charge < -0.3 is 0 Å². The number of nitrogens with zero attached hydrogens (tertiary/aromatic N) is 5. The van der Waals surface area contributed by atoms with Gasteiger partial charge in [-0.05, 0) is 43.3 Å². The van der Waals surface area contributed by atoms with Crippen molar-refractivity contribution in [3.8, 4) is 5.69 Å². The van der Waals surface area contributed by atoms with E-state index < -0.39 is 0 Å². The number of benzene rings is 2. The summed E-state index contributed by atoms with van der Waals surface area (Å²) in [6, 6.07) is 14.0. The fraction of sp³-hybridized carbons (Fsp3) is 0.105. The van der Waals surface area contributed by atoms with Crippen molar-refractivity contribution in [3.05, 3.63) is 77.1 Å². The molecule has 0 bridgehead atoms. The Kier molecular flexibility index (Phi) is 4.55. The molecular formula is C19H17N7O2. The van der Waals surface area contributed by atoms with E-state index in [9.17, 15) is 9.59 Å². The number of amides is 1. The molecule has 0 aliphatic rings. The lowest BCUT2D eigenvalue weighted by atomic mass is 10.2. The van der Waals surface area contributed by atoms with Crippen LogP contribution in [-0.2, 0) is 6.54 Å². The minimum absolute atomic E-state index is 0.165. The average Bonchev–Trinajstić information content (AvgIpc) is 3.27. The first-order chi connectivity index (χ1) is 13.7. The molecule has 2 heterocycles. The van der Waals surface area contributed by atoms with Gasteiger partial charge >= 0.3 is 0 Å². The van der Waals surface area contributed by atoms with Crippen LogP contribution in [0.25, 0.3) is 16.6 Å². The largest absolute Gasteiger partial charge is 0.277 e. The normalized spacial score (nSPS) is 10.8. The highest BCUT2D eigenvalue weighted by atomic mass is 16.2. The Labute approximate surface area is 159 Å². The van der Waals surface area contributed by atoms with E-state index in [2.05, 4.69) is 25.9 Å². The van der Waals surface area contributed by atoms with Gasteiger partial charge in [0.05, 0.1) is 16.6 Å². The number of hydrogen-bond acceptors (Lipinski definition) is 6. The van der Waals surface area contributed by atoms with Crippen molar-refractivity contribution < 1.29 is 4.79 Å². The highest BCUT2D eigenvalue weighted by Gasteiger charge is 2.11. The van der Waals surface area contributed by atoms with Crippen molar-refractivity contribution in [2.24, 2.45) is 0 Å². The van der Waals surface area contributed by atoms with Crippen molar-refractivity contribution in [1.82, 2.24) is 29.7 Å². The summed E-state index contributed by atoms with van der Waals surface area (Å²) in [7, 11) is 0. The monoisotopic (exact) mass is 375 g/mol. The SMILES string of the molecule is CCn1c(NNC(=O)c2ccc(-n3cncn3)cc2)nc2ccccc2c1=O. The molecule has 0 saturated carbocycles. The average molecular weight is 375 g/mol. The van der Waals surface area contributed by atoms with Crippen molar-refractivity contribution in [2.75, 3.05) is 5.43 Å². The van der Waals surface area contributed by atoms with Crippen molar-refractivity contribution >= 4 is 22.8 Å². The summed E-state index contributed by atoms with van der Waals surface area (Å²) in [5.41, 5.74) is 6.99. The molecule has 1 amide bonds. The zero-order chi connectivity index (χ0) is 19.5. The molecule has 9 heteroatoms. The summed E-state index contributed by atoms with van der Waals surface area (Å²) in [5.74, 6) is -0.0750. The molecule has 0 radical (unpaired) electrons. The molecule has 9 nitrogen and oxygen atoms in total. The summed E-state index contributed by atoms with van der Waals surface area (Å²) in [6.45, 7) is 2.26. The minimum Gasteiger partial charge on any atom is -0.277 e. The Bertz CT molecular complexity index is 1180. The highest BCUT2D eigenvalue weighted by Crippen LogP contribution is 2.11. The van der Waals surface area contributed by atoms with Crippen LogP contribution in [0.3, 0.4) is 0 Å². The number of hydrazine groups is 1. The summed E-state index contributed by atoms with van der Waals surface area (Å²) < 4.78 is 3.06. The van der Waals surface area contributed by atoms with Gasteiger partial charge in [-0.1, -0.05) is 12.1 Å². The lowest BCUT2D eigenvalue weighted by Crippen LogP contribution is -2.34. The number of anilines is 1. The van der Waals surface area contributed by atoms with Gasteiger partial charge in [0.25, 0.3) is 11.5 Å². The Hall–Kier alpha value is -4.01. The first-order valence-electron chi connectivity index (χ1n) is 8.68. The number of para-hydroxylation sites is 1. The molecule has 0 unspecified atom stereocenters. The highest BCUT2D eigenvalue weighted by molar-refractivity contribution is 5.95. The van der Waals surface area contributed by atoms with Gasteiger partial charge in [-0.25, -0.2) is 14.6 Å². The number of carbonyl (C=O) groups excluding carboxylic acids is 1. The van der Waals surface area contributed by atoms with E-state index >= 15 is 0 Å². The van der Waals surface area contributed by atoms with Gasteiger partial charge in [-0.15, -0.1) is 0 Å². The maximum absolute atomic E-state index is 12.6. The molecule has 4 aromatic rings. The molecule has 2 aromatic carbocycles. The molecule has 2 aromatic heterocycles. The van der Waals surface area contributed by atoms with E-state index in [4.69, 9.17) is 0 Å².